The molecule has 0 atom stereocenters. The van der Waals surface area contributed by atoms with Gasteiger partial charge in [-0.1, -0.05) is 30.3 Å². The second-order valence-electron chi connectivity index (χ2n) is 3.58. The summed E-state index contributed by atoms with van der Waals surface area (Å²) in [6.45, 7) is 0. The summed E-state index contributed by atoms with van der Waals surface area (Å²) in [4.78, 5) is 10.6. The Balaban J connectivity index is 2.70. The lowest BCUT2D eigenvalue weighted by Gasteiger charge is -2.07. The molecule has 0 amide bonds. The molecule has 0 heterocycles. The molecule has 0 saturated heterocycles. The van der Waals surface area contributed by atoms with Crippen molar-refractivity contribution in [2.75, 3.05) is 0 Å². The highest BCUT2D eigenvalue weighted by molar-refractivity contribution is 5.89. The summed E-state index contributed by atoms with van der Waals surface area (Å²) in [5.74, 6) is -6.22. The van der Waals surface area contributed by atoms with Crippen molar-refractivity contribution in [1.29, 1.82) is 0 Å². The average molecular weight is 252 g/mol. The van der Waals surface area contributed by atoms with Gasteiger partial charge in [0.25, 0.3) is 0 Å². The van der Waals surface area contributed by atoms with Gasteiger partial charge in [0.2, 0.25) is 0 Å². The Bertz CT molecular complexity index is 609. The normalized spacial score (nSPS) is 10.4. The molecule has 0 radical (unpaired) electrons. The van der Waals surface area contributed by atoms with Crippen molar-refractivity contribution in [2.45, 2.75) is 0 Å². The Morgan fingerprint density at radius 1 is 1.00 bits per heavy atom. The minimum atomic E-state index is -1.84. The van der Waals surface area contributed by atoms with Crippen LogP contribution in [0.5, 0.6) is 0 Å². The lowest BCUT2D eigenvalue weighted by molar-refractivity contribution is 0.0685. The highest BCUT2D eigenvalue weighted by Crippen LogP contribution is 2.28. The van der Waals surface area contributed by atoms with Gasteiger partial charge in [-0.25, -0.2) is 18.0 Å². The van der Waals surface area contributed by atoms with Crippen LogP contribution in [-0.4, -0.2) is 11.1 Å². The summed E-state index contributed by atoms with van der Waals surface area (Å²) in [7, 11) is 0. The zero-order valence-corrected chi connectivity index (χ0v) is 8.95. The molecule has 0 bridgehead atoms. The molecule has 2 nitrogen and oxygen atoms in total. The summed E-state index contributed by atoms with van der Waals surface area (Å²) in [5, 5.41) is 8.59. The van der Waals surface area contributed by atoms with Crippen LogP contribution in [0.3, 0.4) is 0 Å². The predicted octanol–water partition coefficient (Wildman–Crippen LogP) is 3.47. The third kappa shape index (κ3) is 1.95. The maximum absolute atomic E-state index is 13.7. The van der Waals surface area contributed by atoms with Crippen molar-refractivity contribution in [1.82, 2.24) is 0 Å². The number of hydrogen-bond donors (Lipinski definition) is 1. The molecule has 2 rings (SSSR count). The van der Waals surface area contributed by atoms with Crippen LogP contribution in [0.15, 0.2) is 36.4 Å². The fraction of sp³-hybridized carbons (Fsp3) is 0. The molecule has 1 N–H and O–H groups in total. The number of rotatable bonds is 2. The van der Waals surface area contributed by atoms with Gasteiger partial charge in [-0.05, 0) is 11.6 Å². The first-order valence-electron chi connectivity index (χ1n) is 4.98. The number of halogens is 3. The smallest absolute Gasteiger partial charge is 0.341 e. The summed E-state index contributed by atoms with van der Waals surface area (Å²) in [5.41, 5.74) is -1.33. The summed E-state index contributed by atoms with van der Waals surface area (Å²) in [6, 6.07) is 8.44. The van der Waals surface area contributed by atoms with Crippen LogP contribution in [0.2, 0.25) is 0 Å². The second-order valence-corrected chi connectivity index (χ2v) is 3.58. The largest absolute Gasteiger partial charge is 0.477 e. The van der Waals surface area contributed by atoms with Crippen molar-refractivity contribution in [3.8, 4) is 11.1 Å². The standard InChI is InChI=1S/C13H7F3O2/c14-9-6-8(7-4-2-1-3-5-7)11(15)12(16)10(9)13(17)18/h1-6H,(H,17,18). The molecule has 0 saturated carbocycles. The molecule has 0 aliphatic carbocycles. The average Bonchev–Trinajstić information content (AvgIpc) is 2.34. The first-order valence-corrected chi connectivity index (χ1v) is 4.98. The molecule has 92 valence electrons. The third-order valence-electron chi connectivity index (χ3n) is 2.46. The van der Waals surface area contributed by atoms with Crippen LogP contribution in [0, 0.1) is 17.5 Å². The summed E-state index contributed by atoms with van der Waals surface area (Å²) < 4.78 is 40.6. The third-order valence-corrected chi connectivity index (χ3v) is 2.46. The van der Waals surface area contributed by atoms with E-state index in [1.54, 1.807) is 18.2 Å². The molecule has 18 heavy (non-hydrogen) atoms. The highest BCUT2D eigenvalue weighted by Gasteiger charge is 2.23. The number of benzene rings is 2. The van der Waals surface area contributed by atoms with Crippen LogP contribution < -0.4 is 0 Å². The minimum Gasteiger partial charge on any atom is -0.477 e. The van der Waals surface area contributed by atoms with E-state index in [-0.39, 0.29) is 11.1 Å². The zero-order valence-electron chi connectivity index (χ0n) is 8.95. The van der Waals surface area contributed by atoms with Crippen LogP contribution in [0.1, 0.15) is 10.4 Å². The number of aromatic carboxylic acids is 1. The van der Waals surface area contributed by atoms with E-state index in [1.807, 2.05) is 0 Å². The minimum absolute atomic E-state index is 0.268. The van der Waals surface area contributed by atoms with E-state index in [4.69, 9.17) is 5.11 Å². The summed E-state index contributed by atoms with van der Waals surface area (Å²) >= 11 is 0. The lowest BCUT2D eigenvalue weighted by atomic mass is 10.0. The van der Waals surface area contributed by atoms with Gasteiger partial charge >= 0.3 is 5.97 Å². The molecule has 0 fully saturated rings. The van der Waals surface area contributed by atoms with Crippen LogP contribution in [-0.2, 0) is 0 Å². The first-order chi connectivity index (χ1) is 8.52. The van der Waals surface area contributed by atoms with Crippen molar-refractivity contribution in [3.63, 3.8) is 0 Å². The lowest BCUT2D eigenvalue weighted by Crippen LogP contribution is -2.08. The maximum Gasteiger partial charge on any atom is 0.341 e. The van der Waals surface area contributed by atoms with Gasteiger partial charge in [-0.3, -0.25) is 0 Å². The van der Waals surface area contributed by atoms with Gasteiger partial charge in [0, 0.05) is 5.56 Å². The molecule has 2 aromatic carbocycles. The van der Waals surface area contributed by atoms with E-state index < -0.39 is 29.0 Å². The SMILES string of the molecule is O=C(O)c1c(F)cc(-c2ccccc2)c(F)c1F. The quantitative estimate of drug-likeness (QED) is 0.831. The Kier molecular flexibility index (Phi) is 3.06. The fourth-order valence-electron chi connectivity index (χ4n) is 1.62. The van der Waals surface area contributed by atoms with E-state index in [1.165, 1.54) is 12.1 Å². The van der Waals surface area contributed by atoms with Crippen LogP contribution in [0.4, 0.5) is 13.2 Å². The molecule has 5 heteroatoms. The fourth-order valence-corrected chi connectivity index (χ4v) is 1.62. The zero-order chi connectivity index (χ0) is 13.3. The van der Waals surface area contributed by atoms with E-state index in [2.05, 4.69) is 0 Å². The van der Waals surface area contributed by atoms with Crippen LogP contribution >= 0.6 is 0 Å². The van der Waals surface area contributed by atoms with E-state index in [0.29, 0.717) is 6.07 Å². The van der Waals surface area contributed by atoms with E-state index in [0.717, 1.165) is 0 Å². The molecular weight excluding hydrogens is 245 g/mol. The second kappa shape index (κ2) is 4.52. The molecular formula is C13H7F3O2. The molecule has 0 spiro atoms. The molecule has 0 aliphatic heterocycles. The monoisotopic (exact) mass is 252 g/mol. The Hall–Kier alpha value is -2.30. The highest BCUT2D eigenvalue weighted by atomic mass is 19.2. The molecule has 0 unspecified atom stereocenters. The summed E-state index contributed by atoms with van der Waals surface area (Å²) in [6.07, 6.45) is 0. The van der Waals surface area contributed by atoms with Gasteiger partial charge in [-0.15, -0.1) is 0 Å². The number of carbonyl (C=O) groups is 1. The number of carboxylic acid groups (broad SMARTS) is 1. The van der Waals surface area contributed by atoms with Crippen LogP contribution in [0.25, 0.3) is 11.1 Å². The maximum atomic E-state index is 13.7. The molecule has 2 aromatic rings. The van der Waals surface area contributed by atoms with E-state index >= 15 is 0 Å². The Labute approximate surface area is 100 Å². The van der Waals surface area contributed by atoms with Crippen molar-refractivity contribution < 1.29 is 23.1 Å². The van der Waals surface area contributed by atoms with E-state index in [9.17, 15) is 18.0 Å². The predicted molar refractivity (Wildman–Crippen MR) is 58.7 cm³/mol. The van der Waals surface area contributed by atoms with Crippen molar-refractivity contribution in [3.05, 3.63) is 59.4 Å². The number of carboxylic acids is 1. The van der Waals surface area contributed by atoms with Gasteiger partial charge in [0.15, 0.2) is 11.6 Å². The van der Waals surface area contributed by atoms with Gasteiger partial charge in [0.1, 0.15) is 11.4 Å². The molecule has 0 aliphatic rings. The first kappa shape index (κ1) is 12.2. The van der Waals surface area contributed by atoms with Gasteiger partial charge in [-0.2, -0.15) is 0 Å². The Morgan fingerprint density at radius 3 is 2.17 bits per heavy atom. The number of hydrogen-bond acceptors (Lipinski definition) is 1. The van der Waals surface area contributed by atoms with Crippen molar-refractivity contribution in [2.24, 2.45) is 0 Å². The van der Waals surface area contributed by atoms with Crippen molar-refractivity contribution >= 4 is 5.97 Å². The van der Waals surface area contributed by atoms with Gasteiger partial charge in [0.05, 0.1) is 0 Å². The Morgan fingerprint density at radius 2 is 1.61 bits per heavy atom. The molecule has 0 aromatic heterocycles. The topological polar surface area (TPSA) is 37.3 Å². The van der Waals surface area contributed by atoms with Gasteiger partial charge < -0.3 is 5.11 Å².